The highest BCUT2D eigenvalue weighted by atomic mass is 16.5. The second kappa shape index (κ2) is 8.74. The number of methoxy groups -OCH3 is 1. The van der Waals surface area contributed by atoms with Gasteiger partial charge in [0.15, 0.2) is 11.5 Å². The molecule has 0 heterocycles. The van der Waals surface area contributed by atoms with Crippen molar-refractivity contribution in [1.82, 2.24) is 0 Å². The van der Waals surface area contributed by atoms with Gasteiger partial charge in [0, 0.05) is 5.92 Å². The Morgan fingerprint density at radius 2 is 1.67 bits per heavy atom. The van der Waals surface area contributed by atoms with Gasteiger partial charge in [0.25, 0.3) is 0 Å². The zero-order valence-corrected chi connectivity index (χ0v) is 15.2. The van der Waals surface area contributed by atoms with E-state index in [4.69, 9.17) is 15.2 Å². The number of hydrogen-bond donors (Lipinski definition) is 1. The van der Waals surface area contributed by atoms with Crippen molar-refractivity contribution in [2.45, 2.75) is 39.0 Å². The third-order valence-corrected chi connectivity index (χ3v) is 4.39. The average molecular weight is 327 g/mol. The number of hydrogen-bond acceptors (Lipinski definition) is 3. The smallest absolute Gasteiger partial charge is 0.164 e. The lowest BCUT2D eigenvalue weighted by atomic mass is 9.90. The summed E-state index contributed by atoms with van der Waals surface area (Å²) in [5.74, 6) is 2.41. The van der Waals surface area contributed by atoms with Gasteiger partial charge in [-0.2, -0.15) is 0 Å². The van der Waals surface area contributed by atoms with Gasteiger partial charge >= 0.3 is 0 Å². The minimum absolute atomic E-state index is 0.262. The third-order valence-electron chi connectivity index (χ3n) is 4.39. The Hall–Kier alpha value is -2.00. The second-order valence-corrected chi connectivity index (χ2v) is 6.34. The number of rotatable bonds is 8. The number of ether oxygens (including phenoxy) is 2. The van der Waals surface area contributed by atoms with E-state index in [9.17, 15) is 0 Å². The van der Waals surface area contributed by atoms with Crippen LogP contribution in [0.25, 0.3) is 0 Å². The molecule has 0 saturated heterocycles. The van der Waals surface area contributed by atoms with Crippen LogP contribution in [0.4, 0.5) is 0 Å². The molecular formula is C21H29NO2. The Morgan fingerprint density at radius 3 is 2.21 bits per heavy atom. The summed E-state index contributed by atoms with van der Waals surface area (Å²) in [4.78, 5) is 0. The van der Waals surface area contributed by atoms with E-state index in [2.05, 4.69) is 44.2 Å². The highest BCUT2D eigenvalue weighted by molar-refractivity contribution is 5.47. The van der Waals surface area contributed by atoms with Crippen molar-refractivity contribution in [1.29, 1.82) is 0 Å². The van der Waals surface area contributed by atoms with Gasteiger partial charge in [0.05, 0.1) is 13.7 Å². The minimum Gasteiger partial charge on any atom is -0.493 e. The highest BCUT2D eigenvalue weighted by Gasteiger charge is 2.16. The first-order valence-electron chi connectivity index (χ1n) is 8.69. The molecule has 1 atom stereocenters. The van der Waals surface area contributed by atoms with Crippen LogP contribution in [0.15, 0.2) is 42.5 Å². The summed E-state index contributed by atoms with van der Waals surface area (Å²) in [6.07, 6.45) is 0.837. The summed E-state index contributed by atoms with van der Waals surface area (Å²) in [5, 5.41) is 0. The molecule has 0 spiro atoms. The molecule has 0 aliphatic rings. The first kappa shape index (κ1) is 18.3. The second-order valence-electron chi connectivity index (χ2n) is 6.34. The number of para-hydroxylation sites is 1. The Kier molecular flexibility index (Phi) is 6.68. The average Bonchev–Trinajstić information content (AvgIpc) is 2.61. The molecule has 24 heavy (non-hydrogen) atoms. The Morgan fingerprint density at radius 1 is 1.00 bits per heavy atom. The molecule has 0 fully saturated rings. The maximum absolute atomic E-state index is 6.07. The predicted octanol–water partition coefficient (Wildman–Crippen LogP) is 4.50. The summed E-state index contributed by atoms with van der Waals surface area (Å²) in [6, 6.07) is 14.9. The van der Waals surface area contributed by atoms with Crippen LogP contribution < -0.4 is 15.2 Å². The molecule has 0 radical (unpaired) electrons. The molecule has 2 aromatic carbocycles. The van der Waals surface area contributed by atoms with Gasteiger partial charge in [-0.15, -0.1) is 0 Å². The zero-order valence-electron chi connectivity index (χ0n) is 15.2. The highest BCUT2D eigenvalue weighted by Crippen LogP contribution is 2.34. The molecule has 0 aliphatic carbocycles. The van der Waals surface area contributed by atoms with Crippen LogP contribution in [-0.4, -0.2) is 20.3 Å². The molecular weight excluding hydrogens is 298 g/mol. The van der Waals surface area contributed by atoms with Crippen molar-refractivity contribution in [3.8, 4) is 11.5 Å². The van der Waals surface area contributed by atoms with Gasteiger partial charge in [-0.3, -0.25) is 0 Å². The zero-order chi connectivity index (χ0) is 17.5. The minimum atomic E-state index is 0.262. The Labute approximate surface area is 145 Å². The maximum Gasteiger partial charge on any atom is 0.164 e. The Bertz CT molecular complexity index is 635. The molecule has 130 valence electrons. The number of nitrogens with two attached hydrogens (primary N) is 1. The molecule has 2 aromatic rings. The van der Waals surface area contributed by atoms with Gasteiger partial charge in [0.2, 0.25) is 0 Å². The van der Waals surface area contributed by atoms with Crippen LogP contribution in [0.3, 0.4) is 0 Å². The lowest BCUT2D eigenvalue weighted by Gasteiger charge is -2.20. The first-order valence-corrected chi connectivity index (χ1v) is 8.69. The quantitative estimate of drug-likeness (QED) is 0.776. The van der Waals surface area contributed by atoms with Crippen molar-refractivity contribution in [2.75, 3.05) is 20.3 Å². The van der Waals surface area contributed by atoms with E-state index in [1.165, 1.54) is 11.1 Å². The normalized spacial score (nSPS) is 12.2. The third kappa shape index (κ3) is 4.30. The number of benzene rings is 2. The van der Waals surface area contributed by atoms with E-state index in [0.29, 0.717) is 19.1 Å². The SMILES string of the molecule is CCOc1c(CC(CN)c2ccc(C(C)C)cc2)cccc1OC. The molecule has 0 bridgehead atoms. The Balaban J connectivity index is 2.27. The topological polar surface area (TPSA) is 44.5 Å². The molecule has 2 N–H and O–H groups in total. The van der Waals surface area contributed by atoms with Gasteiger partial charge < -0.3 is 15.2 Å². The molecule has 0 amide bonds. The molecule has 3 heteroatoms. The van der Waals surface area contributed by atoms with Crippen LogP contribution in [0.1, 0.15) is 49.3 Å². The van der Waals surface area contributed by atoms with E-state index in [1.807, 2.05) is 19.1 Å². The summed E-state index contributed by atoms with van der Waals surface area (Å²) in [6.45, 7) is 7.62. The van der Waals surface area contributed by atoms with Gasteiger partial charge in [-0.1, -0.05) is 50.2 Å². The summed E-state index contributed by atoms with van der Waals surface area (Å²) in [5.41, 5.74) is 9.83. The first-order chi connectivity index (χ1) is 11.6. The maximum atomic E-state index is 6.07. The molecule has 1 unspecified atom stereocenters. The fourth-order valence-electron chi connectivity index (χ4n) is 2.95. The predicted molar refractivity (Wildman–Crippen MR) is 100 cm³/mol. The van der Waals surface area contributed by atoms with Crippen molar-refractivity contribution in [3.63, 3.8) is 0 Å². The standard InChI is InChI=1S/C21H29NO2/c1-5-24-21-18(7-6-8-20(21)23-4)13-19(14-22)17-11-9-16(10-12-17)15(2)3/h6-12,15,19H,5,13-14,22H2,1-4H3. The molecule has 0 saturated carbocycles. The van der Waals surface area contributed by atoms with E-state index in [-0.39, 0.29) is 5.92 Å². The van der Waals surface area contributed by atoms with Crippen LogP contribution in [0.5, 0.6) is 11.5 Å². The summed E-state index contributed by atoms with van der Waals surface area (Å²) < 4.78 is 11.3. The lowest BCUT2D eigenvalue weighted by molar-refractivity contribution is 0.307. The van der Waals surface area contributed by atoms with Gasteiger partial charge in [-0.25, -0.2) is 0 Å². The van der Waals surface area contributed by atoms with E-state index in [1.54, 1.807) is 7.11 Å². The monoisotopic (exact) mass is 327 g/mol. The fraction of sp³-hybridized carbons (Fsp3) is 0.429. The van der Waals surface area contributed by atoms with Crippen LogP contribution in [0, 0.1) is 0 Å². The van der Waals surface area contributed by atoms with E-state index >= 15 is 0 Å². The lowest BCUT2D eigenvalue weighted by Crippen LogP contribution is -2.16. The fourth-order valence-corrected chi connectivity index (χ4v) is 2.95. The summed E-state index contributed by atoms with van der Waals surface area (Å²) >= 11 is 0. The van der Waals surface area contributed by atoms with Crippen LogP contribution in [-0.2, 0) is 6.42 Å². The van der Waals surface area contributed by atoms with E-state index < -0.39 is 0 Å². The van der Waals surface area contributed by atoms with Crippen LogP contribution >= 0.6 is 0 Å². The van der Waals surface area contributed by atoms with Crippen molar-refractivity contribution in [2.24, 2.45) is 5.73 Å². The molecule has 0 aromatic heterocycles. The van der Waals surface area contributed by atoms with Gasteiger partial charge in [-0.05, 0) is 48.6 Å². The summed E-state index contributed by atoms with van der Waals surface area (Å²) in [7, 11) is 1.67. The van der Waals surface area contributed by atoms with E-state index in [0.717, 1.165) is 23.5 Å². The van der Waals surface area contributed by atoms with Crippen molar-refractivity contribution >= 4 is 0 Å². The van der Waals surface area contributed by atoms with Crippen molar-refractivity contribution < 1.29 is 9.47 Å². The molecule has 3 nitrogen and oxygen atoms in total. The van der Waals surface area contributed by atoms with Gasteiger partial charge in [0.1, 0.15) is 0 Å². The van der Waals surface area contributed by atoms with Crippen molar-refractivity contribution in [3.05, 3.63) is 59.2 Å². The molecule has 0 aliphatic heterocycles. The van der Waals surface area contributed by atoms with Crippen LogP contribution in [0.2, 0.25) is 0 Å². The largest absolute Gasteiger partial charge is 0.493 e. The molecule has 2 rings (SSSR count).